The van der Waals surface area contributed by atoms with E-state index in [1.165, 1.54) is 11.1 Å². The van der Waals surface area contributed by atoms with Crippen LogP contribution in [0.1, 0.15) is 0 Å². The summed E-state index contributed by atoms with van der Waals surface area (Å²) < 4.78 is 2.40. The van der Waals surface area contributed by atoms with Gasteiger partial charge in [-0.05, 0) is 11.6 Å². The Labute approximate surface area is 73.6 Å². The number of isocyanates is 1. The van der Waals surface area contributed by atoms with Crippen LogP contribution in [0.3, 0.4) is 0 Å². The molecule has 0 unspecified atom stereocenters. The maximum atomic E-state index is 8.75. The average Bonchev–Trinajstić information content (AvgIpc) is 2.00. The largest absolute Gasteiger partial charge is 0.253 e. The molecule has 0 fully saturated rings. The highest BCUT2D eigenvalue weighted by atomic mass is 35.5. The second-order valence-electron chi connectivity index (χ2n) is 1.87. The molecule has 0 aromatic heterocycles. The van der Waals surface area contributed by atoms with Gasteiger partial charge in [0.15, 0.2) is 0 Å². The number of carbonyl (C=O) groups excluding carboxylic acids is 1. The normalized spacial score (nSPS) is 8.91. The number of rotatable bonds is 0. The summed E-state index contributed by atoms with van der Waals surface area (Å²) in [5.74, 6) is 0. The molecule has 0 saturated heterocycles. The van der Waals surface area contributed by atoms with E-state index in [0.29, 0.717) is 0 Å². The van der Waals surface area contributed by atoms with Crippen LogP contribution in [-0.4, -0.2) is 6.08 Å². The minimum atomic E-state index is 0.914. The van der Waals surface area contributed by atoms with Crippen LogP contribution in [0.25, 0.3) is 11.1 Å². The van der Waals surface area contributed by atoms with E-state index in [2.05, 4.69) is 22.4 Å². The van der Waals surface area contributed by atoms with Crippen LogP contribution < -0.4 is 0 Å². The summed E-state index contributed by atoms with van der Waals surface area (Å²) in [5, 5.41) is 0.914. The van der Waals surface area contributed by atoms with E-state index >= 15 is 0 Å². The van der Waals surface area contributed by atoms with Gasteiger partial charge in [-0.3, -0.25) is 0 Å². The minimum Gasteiger partial charge on any atom is -0.210 e. The summed E-state index contributed by atoms with van der Waals surface area (Å²) in [6, 6.07) is 6.05. The van der Waals surface area contributed by atoms with Crippen molar-refractivity contribution in [3.05, 3.63) is 23.2 Å². The van der Waals surface area contributed by atoms with Gasteiger partial charge in [-0.25, -0.2) is 4.79 Å². The molecule has 0 atom stereocenters. The summed E-state index contributed by atoms with van der Waals surface area (Å²) in [6.07, 6.45) is 1.07. The van der Waals surface area contributed by atoms with Crippen molar-refractivity contribution < 1.29 is 4.79 Å². The van der Waals surface area contributed by atoms with Crippen molar-refractivity contribution in [3.63, 3.8) is 0 Å². The highest BCUT2D eigenvalue weighted by Crippen LogP contribution is 2.39. The van der Waals surface area contributed by atoms with E-state index in [0.717, 1.165) is 11.1 Å². The molecule has 4 heteroatoms. The Morgan fingerprint density at radius 1 is 1.45 bits per heavy atom. The fraction of sp³-hybridized carbons (Fsp3) is 0. The van der Waals surface area contributed by atoms with Gasteiger partial charge in [0, 0.05) is 22.4 Å². The number of halogens is 2. The molecule has 2 rings (SSSR count). The molecule has 0 heterocycles. The SMILES string of the molecule is Clc1cc2ccc1-2.O=C=NCl. The van der Waals surface area contributed by atoms with E-state index in [4.69, 9.17) is 16.4 Å². The van der Waals surface area contributed by atoms with Gasteiger partial charge in [0.1, 0.15) is 0 Å². The third kappa shape index (κ3) is 1.60. The molecule has 0 aromatic carbocycles. The van der Waals surface area contributed by atoms with Crippen LogP contribution in [0.15, 0.2) is 22.7 Å². The highest BCUT2D eigenvalue weighted by molar-refractivity contribution is 6.35. The van der Waals surface area contributed by atoms with Crippen molar-refractivity contribution >= 4 is 29.5 Å². The van der Waals surface area contributed by atoms with Crippen molar-refractivity contribution in [3.8, 4) is 11.1 Å². The molecule has 2 aliphatic carbocycles. The number of benzene rings is 1. The average molecular weight is 188 g/mol. The summed E-state index contributed by atoms with van der Waals surface area (Å²) in [7, 11) is 0. The lowest BCUT2D eigenvalue weighted by Gasteiger charge is -2.15. The fourth-order valence-corrected chi connectivity index (χ4v) is 1.03. The minimum absolute atomic E-state index is 0.914. The van der Waals surface area contributed by atoms with E-state index in [-0.39, 0.29) is 0 Å². The number of nitrogens with zero attached hydrogens (tertiary/aromatic N) is 1. The predicted molar refractivity (Wildman–Crippen MR) is 44.4 cm³/mol. The van der Waals surface area contributed by atoms with Gasteiger partial charge in [0.2, 0.25) is 0 Å². The molecule has 11 heavy (non-hydrogen) atoms. The first kappa shape index (κ1) is 8.28. The Balaban J connectivity index is 0.000000134. The van der Waals surface area contributed by atoms with Crippen LogP contribution >= 0.6 is 23.4 Å². The third-order valence-corrected chi connectivity index (χ3v) is 1.70. The maximum Gasteiger partial charge on any atom is 0.253 e. The Bertz CT molecular complexity index is 318. The molecular weight excluding hydrogens is 185 g/mol. The van der Waals surface area contributed by atoms with Gasteiger partial charge in [-0.15, -0.1) is 0 Å². The molecule has 2 nitrogen and oxygen atoms in total. The number of hydrogen-bond donors (Lipinski definition) is 0. The quantitative estimate of drug-likeness (QED) is 0.461. The molecule has 2 aliphatic rings. The topological polar surface area (TPSA) is 29.4 Å². The fourth-order valence-electron chi connectivity index (χ4n) is 0.743. The van der Waals surface area contributed by atoms with Crippen LogP contribution in [0, 0.1) is 0 Å². The van der Waals surface area contributed by atoms with Crippen LogP contribution in [0.4, 0.5) is 0 Å². The molecule has 0 aromatic rings. The lowest BCUT2D eigenvalue weighted by molar-refractivity contribution is 0.566. The van der Waals surface area contributed by atoms with Gasteiger partial charge >= 0.3 is 0 Å². The van der Waals surface area contributed by atoms with Crippen molar-refractivity contribution in [2.75, 3.05) is 0 Å². The predicted octanol–water partition coefficient (Wildman–Crippen LogP) is 2.80. The zero-order valence-corrected chi connectivity index (χ0v) is 6.86. The lowest BCUT2D eigenvalue weighted by atomic mass is 9.94. The molecule has 0 saturated carbocycles. The second kappa shape index (κ2) is 3.54. The van der Waals surface area contributed by atoms with Crippen molar-refractivity contribution in [2.45, 2.75) is 0 Å². The first-order valence-electron chi connectivity index (χ1n) is 2.77. The van der Waals surface area contributed by atoms with Gasteiger partial charge < -0.3 is 0 Å². The Kier molecular flexibility index (Phi) is 2.66. The van der Waals surface area contributed by atoms with Gasteiger partial charge in [0.25, 0.3) is 6.08 Å². The van der Waals surface area contributed by atoms with Gasteiger partial charge in [0.05, 0.1) is 0 Å². The Morgan fingerprint density at radius 2 is 2.09 bits per heavy atom. The van der Waals surface area contributed by atoms with Crippen molar-refractivity contribution in [1.29, 1.82) is 0 Å². The van der Waals surface area contributed by atoms with Crippen molar-refractivity contribution in [1.82, 2.24) is 0 Å². The summed E-state index contributed by atoms with van der Waals surface area (Å²) in [6.45, 7) is 0. The molecular formula is C7H3Cl2NO. The van der Waals surface area contributed by atoms with Crippen LogP contribution in [0.2, 0.25) is 5.02 Å². The molecule has 0 amide bonds. The first-order valence-corrected chi connectivity index (χ1v) is 3.49. The standard InChI is InChI=1S/C6H3Cl.CClNO/c7-6-3-4-1-2-5(4)6;2-3-1-4/h1-3H;. The second-order valence-corrected chi connectivity index (χ2v) is 2.45. The molecule has 0 radical (unpaired) electrons. The van der Waals surface area contributed by atoms with E-state index in [1.54, 1.807) is 0 Å². The lowest BCUT2D eigenvalue weighted by Crippen LogP contribution is -1.89. The maximum absolute atomic E-state index is 8.75. The molecule has 0 aliphatic heterocycles. The Hall–Kier alpha value is -0.820. The smallest absolute Gasteiger partial charge is 0.210 e. The molecule has 56 valence electrons. The van der Waals surface area contributed by atoms with Crippen LogP contribution in [0.5, 0.6) is 0 Å². The summed E-state index contributed by atoms with van der Waals surface area (Å²) in [4.78, 5) is 8.75. The van der Waals surface area contributed by atoms with E-state index in [1.807, 2.05) is 12.1 Å². The molecule has 0 spiro atoms. The third-order valence-electron chi connectivity index (χ3n) is 1.31. The zero-order chi connectivity index (χ0) is 8.27. The molecule has 0 N–H and O–H groups in total. The Morgan fingerprint density at radius 3 is 2.09 bits per heavy atom. The van der Waals surface area contributed by atoms with E-state index in [9.17, 15) is 0 Å². The highest BCUT2D eigenvalue weighted by Gasteiger charge is 2.13. The zero-order valence-electron chi connectivity index (χ0n) is 5.34. The van der Waals surface area contributed by atoms with Crippen LogP contribution in [-0.2, 0) is 4.79 Å². The molecule has 0 bridgehead atoms. The van der Waals surface area contributed by atoms with Crippen molar-refractivity contribution in [2.24, 2.45) is 4.51 Å². The van der Waals surface area contributed by atoms with Gasteiger partial charge in [-0.2, -0.15) is 0 Å². The summed E-state index contributed by atoms with van der Waals surface area (Å²) in [5.41, 5.74) is 2.55. The monoisotopic (exact) mass is 187 g/mol. The first-order chi connectivity index (χ1) is 5.29. The van der Waals surface area contributed by atoms with E-state index < -0.39 is 0 Å². The number of hydrogen-bond acceptors (Lipinski definition) is 2. The van der Waals surface area contributed by atoms with Gasteiger partial charge in [-0.1, -0.05) is 28.2 Å². The number of fused-ring (bicyclic) bond motifs is 1. The summed E-state index contributed by atoms with van der Waals surface area (Å²) >= 11 is 9.98.